The Labute approximate surface area is 648 Å². The number of halogens is 1. The summed E-state index contributed by atoms with van der Waals surface area (Å²) in [6.07, 6.45) is 22.2. The molecule has 15 heteroatoms. The van der Waals surface area contributed by atoms with Crippen molar-refractivity contribution < 1.29 is 47.8 Å². The first-order valence-electron chi connectivity index (χ1n) is 37.8. The lowest BCUT2D eigenvalue weighted by Gasteiger charge is -2.50. The number of amides is 3. The second kappa shape index (κ2) is 36.0. The zero-order valence-electron chi connectivity index (χ0n) is 63.6. The first-order valence-corrected chi connectivity index (χ1v) is 37.8. The zero-order chi connectivity index (χ0) is 76.5. The topological polar surface area (TPSA) is 177 Å². The molecule has 15 rings (SSSR count). The van der Waals surface area contributed by atoms with Crippen LogP contribution in [-0.2, 0) is 33.4 Å². The first-order chi connectivity index (χ1) is 51.9. The number of piperidine rings is 4. The van der Waals surface area contributed by atoms with E-state index in [1.807, 2.05) is 247 Å². The minimum Gasteiger partial charge on any atom is -0.444 e. The van der Waals surface area contributed by atoms with E-state index >= 15 is 0 Å². The standard InChI is InChI=1S/C27H29NO3.C25H23NO2.C22H21NO.C13H21NO3.C7H6O.ClH/c1-26(2,3)31-25(30)28-16-14-27(15-17-28)22(18-20-10-6-4-7-11-20)24(29)23(27)19-21-12-8-5-9-13-21;1-2-23(27)26-15-13-25(14-16-26)21(17-19-9-5-3-6-10-19)24(28)22(25)18-20-11-7-4-8-12-20;24-21-19(15-17-7-3-1-4-8-17)22(11-13-23-14-12-22)20(21)16-18-9-5-2-6-10-18;1-12(2,3)17-11(16)14-6-4-13(5-7-14)8-10(15)9-13;8-6-7-4-2-1-3-5-7;/h4-13,18-19H,14-17H2,1-3H3;2-12,17-18H,1,13-16H2;1-10,15-16,23H,11-14H2;4-9H2,1-3H3;1-6H;1H/b22-18-,23-19-;21-17-,22-18-;19-15-,20-16-;;;. The molecule has 109 heavy (non-hydrogen) atoms. The number of likely N-dealkylation sites (tertiary alicyclic amines) is 3. The van der Waals surface area contributed by atoms with Crippen LogP contribution in [0.5, 0.6) is 0 Å². The Morgan fingerprint density at radius 2 is 0.606 bits per heavy atom. The number of nitrogens with one attached hydrogen (secondary N) is 1. The van der Waals surface area contributed by atoms with E-state index < -0.39 is 11.2 Å². The molecule has 7 aromatic carbocycles. The highest BCUT2D eigenvalue weighted by Gasteiger charge is 2.57. The summed E-state index contributed by atoms with van der Waals surface area (Å²) in [7, 11) is 0. The SMILES string of the molecule is C=CC(=O)N1CCC2(CC1)/C(=C\c1ccccc1)C(=O)/C2=C/c1ccccc1.CC(C)(C)OC(=O)N1CCC2(CC1)/C(=C\c1ccccc1)C(=O)/C2=C/c1ccccc1.CC(C)(C)OC(=O)N1CCC2(CC1)CC(=O)C2.Cl.O=C1/C(=C/c2ccccc2)C2(CCNCC2)/C1=C\c1ccccc1.O=Cc1ccccc1. The third-order valence-corrected chi connectivity index (χ3v) is 21.6. The normalized spacial score (nSPS) is 20.6. The molecule has 8 aliphatic rings. The summed E-state index contributed by atoms with van der Waals surface area (Å²) in [5.41, 5.74) is 11.1. The fraction of sp³-hybridized carbons (Fsp3) is 0.319. The van der Waals surface area contributed by atoms with Crippen LogP contribution in [0, 0.1) is 21.7 Å². The molecule has 8 fully saturated rings. The van der Waals surface area contributed by atoms with Gasteiger partial charge in [-0.05, 0) is 187 Å². The van der Waals surface area contributed by atoms with Crippen LogP contribution >= 0.6 is 12.4 Å². The molecular weight excluding hydrogens is 1380 g/mol. The second-order valence-electron chi connectivity index (χ2n) is 31.2. The second-order valence-corrected chi connectivity index (χ2v) is 31.2. The molecule has 4 spiro atoms. The Morgan fingerprint density at radius 1 is 0.367 bits per heavy atom. The zero-order valence-corrected chi connectivity index (χ0v) is 64.4. The van der Waals surface area contributed by atoms with Crippen LogP contribution in [0.15, 0.2) is 258 Å². The number of ether oxygens (including phenoxy) is 2. The highest BCUT2D eigenvalue weighted by molar-refractivity contribution is 6.25. The smallest absolute Gasteiger partial charge is 0.410 e. The van der Waals surface area contributed by atoms with E-state index in [2.05, 4.69) is 48.3 Å². The van der Waals surface area contributed by atoms with E-state index in [9.17, 15) is 38.4 Å². The van der Waals surface area contributed by atoms with Gasteiger partial charge in [-0.15, -0.1) is 12.4 Å². The van der Waals surface area contributed by atoms with E-state index in [-0.39, 0.29) is 69.5 Å². The summed E-state index contributed by atoms with van der Waals surface area (Å²) in [5, 5.41) is 3.43. The number of ketones is 4. The van der Waals surface area contributed by atoms with Gasteiger partial charge in [-0.2, -0.15) is 0 Å². The van der Waals surface area contributed by atoms with Crippen molar-refractivity contribution in [3.8, 4) is 0 Å². The van der Waals surface area contributed by atoms with Crippen molar-refractivity contribution in [3.05, 3.63) is 297 Å². The summed E-state index contributed by atoms with van der Waals surface area (Å²) < 4.78 is 10.9. The van der Waals surface area contributed by atoms with Crippen LogP contribution in [0.25, 0.3) is 36.5 Å². The van der Waals surface area contributed by atoms with Crippen molar-refractivity contribution in [1.82, 2.24) is 20.0 Å². The van der Waals surface area contributed by atoms with E-state index in [0.717, 1.165) is 169 Å². The number of Topliss-reactive ketones (excluding diaryl/α,β-unsaturated/α-hetero) is 4. The highest BCUT2D eigenvalue weighted by atomic mass is 35.5. The lowest BCUT2D eigenvalue weighted by Crippen LogP contribution is -2.53. The molecule has 1 N–H and O–H groups in total. The molecule has 4 aliphatic carbocycles. The molecule has 4 saturated heterocycles. The fourth-order valence-corrected chi connectivity index (χ4v) is 15.8. The summed E-state index contributed by atoms with van der Waals surface area (Å²) in [6, 6.07) is 69.3. The minimum absolute atomic E-state index is 0. The molecular formula is C94H101ClN4O10. The third-order valence-electron chi connectivity index (χ3n) is 21.6. The van der Waals surface area contributed by atoms with Gasteiger partial charge in [-0.3, -0.25) is 28.8 Å². The van der Waals surface area contributed by atoms with Gasteiger partial charge in [-0.1, -0.05) is 219 Å². The average Bonchev–Trinajstić information content (AvgIpc) is 0.724. The molecule has 0 atom stereocenters. The highest BCUT2D eigenvalue weighted by Crippen LogP contribution is 2.59. The van der Waals surface area contributed by atoms with E-state index in [1.165, 1.54) is 6.08 Å². The third kappa shape index (κ3) is 19.8. The number of benzene rings is 7. The number of rotatable bonds is 8. The number of carbonyl (C=O) groups excluding carboxylic acids is 8. The molecule has 564 valence electrons. The van der Waals surface area contributed by atoms with E-state index in [0.29, 0.717) is 32.0 Å². The largest absolute Gasteiger partial charge is 0.444 e. The Balaban J connectivity index is 0.000000151. The van der Waals surface area contributed by atoms with Crippen molar-refractivity contribution >= 4 is 96.4 Å². The van der Waals surface area contributed by atoms with Gasteiger partial charge in [0.2, 0.25) is 5.91 Å². The van der Waals surface area contributed by atoms with Gasteiger partial charge < -0.3 is 29.5 Å². The number of aldehydes is 1. The number of hydrogen-bond donors (Lipinski definition) is 1. The number of hydrogen-bond acceptors (Lipinski definition) is 11. The maximum atomic E-state index is 13.2. The lowest BCUT2D eigenvalue weighted by molar-refractivity contribution is -0.135. The van der Waals surface area contributed by atoms with Crippen LogP contribution < -0.4 is 5.32 Å². The summed E-state index contributed by atoms with van der Waals surface area (Å²) in [5.74, 6) is 0.776. The Morgan fingerprint density at radius 3 is 0.835 bits per heavy atom. The lowest BCUT2D eigenvalue weighted by atomic mass is 9.54. The molecule has 3 amide bonds. The van der Waals surface area contributed by atoms with Crippen molar-refractivity contribution in [3.63, 3.8) is 0 Å². The maximum absolute atomic E-state index is 13.2. The average molecular weight is 1480 g/mol. The molecule has 0 bridgehead atoms. The minimum atomic E-state index is -0.518. The molecule has 0 radical (unpaired) electrons. The monoisotopic (exact) mass is 1480 g/mol. The van der Waals surface area contributed by atoms with Crippen LogP contribution in [0.4, 0.5) is 9.59 Å². The van der Waals surface area contributed by atoms with Crippen molar-refractivity contribution in [1.29, 1.82) is 0 Å². The van der Waals surface area contributed by atoms with E-state index in [1.54, 1.807) is 21.9 Å². The van der Waals surface area contributed by atoms with Gasteiger partial charge in [-0.25, -0.2) is 9.59 Å². The van der Waals surface area contributed by atoms with Crippen LogP contribution in [0.1, 0.15) is 149 Å². The molecule has 4 saturated carbocycles. The van der Waals surface area contributed by atoms with Gasteiger partial charge in [0, 0.05) is 107 Å². The Hall–Kier alpha value is -10.7. The van der Waals surface area contributed by atoms with Gasteiger partial charge in [0.25, 0.3) is 0 Å². The van der Waals surface area contributed by atoms with Gasteiger partial charge in [0.05, 0.1) is 0 Å². The van der Waals surface area contributed by atoms with Gasteiger partial charge in [0.15, 0.2) is 17.3 Å². The quantitative estimate of drug-likeness (QED) is 0.113. The van der Waals surface area contributed by atoms with Crippen molar-refractivity contribution in [2.45, 2.75) is 117 Å². The van der Waals surface area contributed by atoms with Gasteiger partial charge >= 0.3 is 12.2 Å². The first kappa shape index (κ1) is 80.9. The predicted molar refractivity (Wildman–Crippen MR) is 437 cm³/mol. The van der Waals surface area contributed by atoms with Crippen molar-refractivity contribution in [2.75, 3.05) is 52.4 Å². The van der Waals surface area contributed by atoms with Crippen LogP contribution in [-0.4, -0.2) is 126 Å². The van der Waals surface area contributed by atoms with Crippen molar-refractivity contribution in [2.24, 2.45) is 21.7 Å². The Bertz CT molecular complexity index is 4370. The molecule has 0 aromatic heterocycles. The van der Waals surface area contributed by atoms with Crippen LogP contribution in [0.2, 0.25) is 0 Å². The molecule has 4 heterocycles. The molecule has 4 aliphatic heterocycles. The van der Waals surface area contributed by atoms with E-state index in [4.69, 9.17) is 9.47 Å². The summed E-state index contributed by atoms with van der Waals surface area (Å²) in [4.78, 5) is 102. The molecule has 7 aromatic rings. The summed E-state index contributed by atoms with van der Waals surface area (Å²) >= 11 is 0. The maximum Gasteiger partial charge on any atom is 0.410 e. The van der Waals surface area contributed by atoms with Gasteiger partial charge in [0.1, 0.15) is 23.3 Å². The fourth-order valence-electron chi connectivity index (χ4n) is 15.8. The Kier molecular flexibility index (Phi) is 26.7. The van der Waals surface area contributed by atoms with Crippen LogP contribution in [0.3, 0.4) is 0 Å². The molecule has 14 nitrogen and oxygen atoms in total. The number of allylic oxidation sites excluding steroid dienone is 6. The number of nitrogens with zero attached hydrogens (tertiary/aromatic N) is 3. The number of carbonyl (C=O) groups is 8. The molecule has 0 unspecified atom stereocenters. The summed E-state index contributed by atoms with van der Waals surface area (Å²) in [6.45, 7) is 20.6. The predicted octanol–water partition coefficient (Wildman–Crippen LogP) is 18.7.